The van der Waals surface area contributed by atoms with E-state index in [9.17, 15) is 4.79 Å². The third-order valence-corrected chi connectivity index (χ3v) is 3.89. The fraction of sp³-hybridized carbons (Fsp3) is 0.467. The molecule has 0 aromatic heterocycles. The molecule has 1 atom stereocenters. The van der Waals surface area contributed by atoms with E-state index in [1.807, 2.05) is 0 Å². The Morgan fingerprint density at radius 1 is 1.26 bits per heavy atom. The summed E-state index contributed by atoms with van der Waals surface area (Å²) in [5.74, 6) is -0.0351. The van der Waals surface area contributed by atoms with E-state index in [2.05, 4.69) is 16.3 Å². The summed E-state index contributed by atoms with van der Waals surface area (Å²) in [6.45, 7) is 2.08. The van der Waals surface area contributed by atoms with Gasteiger partial charge < -0.3 is 5.32 Å². The van der Waals surface area contributed by atoms with Gasteiger partial charge in [0.15, 0.2) is 0 Å². The predicted molar refractivity (Wildman–Crippen MR) is 71.6 cm³/mol. The molecule has 0 bridgehead atoms. The molecule has 4 nitrogen and oxygen atoms in total. The number of hydrogen-bond donors (Lipinski definition) is 1. The van der Waals surface area contributed by atoms with E-state index in [0.29, 0.717) is 11.1 Å². The van der Waals surface area contributed by atoms with Crippen molar-refractivity contribution in [1.82, 2.24) is 10.2 Å². The molecule has 0 radical (unpaired) electrons. The molecule has 98 valence electrons. The molecule has 2 fully saturated rings. The maximum atomic E-state index is 12.1. The number of nitrogens with one attached hydrogen (secondary N) is 1. The second-order valence-corrected chi connectivity index (χ2v) is 5.37. The number of amides is 1. The summed E-state index contributed by atoms with van der Waals surface area (Å²) >= 11 is 0. The van der Waals surface area contributed by atoms with Crippen molar-refractivity contribution in [2.75, 3.05) is 13.1 Å². The first kappa shape index (κ1) is 12.2. The molecule has 1 aliphatic carbocycles. The van der Waals surface area contributed by atoms with Gasteiger partial charge in [-0.25, -0.2) is 0 Å². The van der Waals surface area contributed by atoms with Crippen molar-refractivity contribution in [2.24, 2.45) is 0 Å². The zero-order chi connectivity index (χ0) is 13.2. The van der Waals surface area contributed by atoms with Gasteiger partial charge in [0.05, 0.1) is 11.6 Å². The standard InChI is InChI=1S/C15H17N3O/c16-9-11-1-3-12(4-2-11)15(19)17-13-7-8-18(10-13)14-5-6-14/h1-4,13-14H,5-8,10H2,(H,17,19). The minimum atomic E-state index is -0.0351. The van der Waals surface area contributed by atoms with Crippen LogP contribution in [0.25, 0.3) is 0 Å². The Bertz CT molecular complexity index is 513. The first-order valence-corrected chi connectivity index (χ1v) is 6.81. The lowest BCUT2D eigenvalue weighted by Gasteiger charge is -2.15. The van der Waals surface area contributed by atoms with Crippen LogP contribution in [0.3, 0.4) is 0 Å². The summed E-state index contributed by atoms with van der Waals surface area (Å²) in [4.78, 5) is 14.6. The minimum absolute atomic E-state index is 0.0351. The summed E-state index contributed by atoms with van der Waals surface area (Å²) in [5.41, 5.74) is 1.21. The zero-order valence-corrected chi connectivity index (χ0v) is 10.8. The van der Waals surface area contributed by atoms with Gasteiger partial charge in [-0.05, 0) is 43.5 Å². The van der Waals surface area contributed by atoms with Gasteiger partial charge in [0.2, 0.25) is 0 Å². The van der Waals surface area contributed by atoms with Crippen LogP contribution in [0.15, 0.2) is 24.3 Å². The fourth-order valence-corrected chi connectivity index (χ4v) is 2.64. The quantitative estimate of drug-likeness (QED) is 0.891. The van der Waals surface area contributed by atoms with Crippen molar-refractivity contribution in [3.63, 3.8) is 0 Å². The first-order valence-electron chi connectivity index (χ1n) is 6.81. The van der Waals surface area contributed by atoms with Gasteiger partial charge >= 0.3 is 0 Å². The second kappa shape index (κ2) is 5.02. The molecular weight excluding hydrogens is 238 g/mol. The Morgan fingerprint density at radius 2 is 2.00 bits per heavy atom. The summed E-state index contributed by atoms with van der Waals surface area (Å²) in [6, 6.07) is 9.88. The van der Waals surface area contributed by atoms with Gasteiger partial charge in [0.1, 0.15) is 0 Å². The van der Waals surface area contributed by atoms with E-state index < -0.39 is 0 Å². The van der Waals surface area contributed by atoms with Gasteiger partial charge in [-0.1, -0.05) is 0 Å². The Morgan fingerprint density at radius 3 is 2.63 bits per heavy atom. The van der Waals surface area contributed by atoms with Gasteiger partial charge in [-0.2, -0.15) is 5.26 Å². The van der Waals surface area contributed by atoms with Crippen molar-refractivity contribution < 1.29 is 4.79 Å². The minimum Gasteiger partial charge on any atom is -0.348 e. The van der Waals surface area contributed by atoms with Gasteiger partial charge in [-0.15, -0.1) is 0 Å². The molecule has 19 heavy (non-hydrogen) atoms. The molecule has 1 aromatic rings. The van der Waals surface area contributed by atoms with Gasteiger partial charge in [-0.3, -0.25) is 9.69 Å². The van der Waals surface area contributed by atoms with Crippen LogP contribution in [0.1, 0.15) is 35.2 Å². The Balaban J connectivity index is 1.57. The largest absolute Gasteiger partial charge is 0.348 e. The molecule has 1 aliphatic heterocycles. The molecule has 3 rings (SSSR count). The molecule has 1 unspecified atom stereocenters. The average Bonchev–Trinajstić information content (AvgIpc) is 3.20. The van der Waals surface area contributed by atoms with Crippen LogP contribution in [0.2, 0.25) is 0 Å². The number of carbonyl (C=O) groups is 1. The zero-order valence-electron chi connectivity index (χ0n) is 10.8. The van der Waals surface area contributed by atoms with Crippen molar-refractivity contribution in [3.05, 3.63) is 35.4 Å². The Kier molecular flexibility index (Phi) is 3.22. The number of nitrogens with zero attached hydrogens (tertiary/aromatic N) is 2. The van der Waals surface area contributed by atoms with Crippen LogP contribution in [0.5, 0.6) is 0 Å². The fourth-order valence-electron chi connectivity index (χ4n) is 2.64. The summed E-state index contributed by atoms with van der Waals surface area (Å²) in [7, 11) is 0. The molecule has 1 N–H and O–H groups in total. The maximum absolute atomic E-state index is 12.1. The predicted octanol–water partition coefficient (Wildman–Crippen LogP) is 1.52. The summed E-state index contributed by atoms with van der Waals surface area (Å²) in [6.07, 6.45) is 3.67. The van der Waals surface area contributed by atoms with Crippen LogP contribution in [0, 0.1) is 11.3 Å². The number of rotatable bonds is 3. The van der Waals surface area contributed by atoms with Gasteiger partial charge in [0, 0.05) is 30.7 Å². The van der Waals surface area contributed by atoms with E-state index in [4.69, 9.17) is 5.26 Å². The van der Waals surface area contributed by atoms with E-state index in [0.717, 1.165) is 25.6 Å². The Hall–Kier alpha value is -1.86. The number of likely N-dealkylation sites (tertiary alicyclic amines) is 1. The topological polar surface area (TPSA) is 56.1 Å². The smallest absolute Gasteiger partial charge is 0.251 e. The van der Waals surface area contributed by atoms with Crippen molar-refractivity contribution in [1.29, 1.82) is 5.26 Å². The van der Waals surface area contributed by atoms with Crippen molar-refractivity contribution >= 4 is 5.91 Å². The molecule has 1 saturated heterocycles. The lowest BCUT2D eigenvalue weighted by molar-refractivity contribution is 0.0937. The molecule has 1 heterocycles. The average molecular weight is 255 g/mol. The normalized spacial score (nSPS) is 23.0. The highest BCUT2D eigenvalue weighted by molar-refractivity contribution is 5.94. The summed E-state index contributed by atoms with van der Waals surface area (Å²) in [5, 5.41) is 11.8. The third-order valence-electron chi connectivity index (χ3n) is 3.89. The molecule has 0 spiro atoms. The number of nitriles is 1. The molecular formula is C15H17N3O. The van der Waals surface area contributed by atoms with Crippen molar-refractivity contribution in [2.45, 2.75) is 31.3 Å². The highest BCUT2D eigenvalue weighted by Crippen LogP contribution is 2.29. The van der Waals surface area contributed by atoms with Gasteiger partial charge in [0.25, 0.3) is 5.91 Å². The maximum Gasteiger partial charge on any atom is 0.251 e. The lowest BCUT2D eigenvalue weighted by atomic mass is 10.1. The summed E-state index contributed by atoms with van der Waals surface area (Å²) < 4.78 is 0. The lowest BCUT2D eigenvalue weighted by Crippen LogP contribution is -2.37. The van der Waals surface area contributed by atoms with Crippen LogP contribution >= 0.6 is 0 Å². The molecule has 1 amide bonds. The third kappa shape index (κ3) is 2.77. The van der Waals surface area contributed by atoms with E-state index in [1.54, 1.807) is 24.3 Å². The second-order valence-electron chi connectivity index (χ2n) is 5.37. The highest BCUT2D eigenvalue weighted by Gasteiger charge is 2.34. The molecule has 1 saturated carbocycles. The monoisotopic (exact) mass is 255 g/mol. The number of hydrogen-bond acceptors (Lipinski definition) is 3. The van der Waals surface area contributed by atoms with E-state index >= 15 is 0 Å². The van der Waals surface area contributed by atoms with Crippen LogP contribution in [-0.2, 0) is 0 Å². The van der Waals surface area contributed by atoms with Crippen LogP contribution < -0.4 is 5.32 Å². The Labute approximate surface area is 113 Å². The molecule has 4 heteroatoms. The number of benzene rings is 1. The molecule has 2 aliphatic rings. The van der Waals surface area contributed by atoms with E-state index in [-0.39, 0.29) is 11.9 Å². The van der Waals surface area contributed by atoms with E-state index in [1.165, 1.54) is 12.8 Å². The van der Waals surface area contributed by atoms with Crippen LogP contribution in [0.4, 0.5) is 0 Å². The number of carbonyl (C=O) groups excluding carboxylic acids is 1. The SMILES string of the molecule is N#Cc1ccc(C(=O)NC2CCN(C3CC3)C2)cc1. The first-order chi connectivity index (χ1) is 9.26. The van der Waals surface area contributed by atoms with Crippen LogP contribution in [-0.4, -0.2) is 36.0 Å². The molecule has 1 aromatic carbocycles. The highest BCUT2D eigenvalue weighted by atomic mass is 16.1. The van der Waals surface area contributed by atoms with Crippen molar-refractivity contribution in [3.8, 4) is 6.07 Å².